The van der Waals surface area contributed by atoms with Gasteiger partial charge in [0.1, 0.15) is 24.8 Å². The number of rotatable bonds is 18. The van der Waals surface area contributed by atoms with Gasteiger partial charge in [-0.25, -0.2) is 0 Å². The van der Waals surface area contributed by atoms with E-state index >= 15 is 0 Å². The largest absolute Gasteiger partial charge is 0.465 e. The number of benzene rings is 3. The number of nitrogens with zero attached hydrogens (tertiary/aromatic N) is 7. The molecule has 3 aromatic carbocycles. The number of azo groups is 1. The number of carbonyl (C=O) groups excluding carboxylic acids is 2. The van der Waals surface area contributed by atoms with Crippen LogP contribution in [0.4, 0.5) is 17.1 Å². The molecule has 0 unspecified atom stereocenters. The zero-order chi connectivity index (χ0) is 37.3. The molecule has 52 heavy (non-hydrogen) atoms. The fourth-order valence-corrected chi connectivity index (χ4v) is 6.14. The second kappa shape index (κ2) is 20.0. The Morgan fingerprint density at radius 3 is 2.06 bits per heavy atom. The summed E-state index contributed by atoms with van der Waals surface area (Å²) >= 11 is 0. The molecule has 0 fully saturated rings. The first-order valence-corrected chi connectivity index (χ1v) is 18.0. The first-order chi connectivity index (χ1) is 25.4. The molecule has 0 spiro atoms. The van der Waals surface area contributed by atoms with Crippen molar-refractivity contribution in [1.29, 1.82) is 15.8 Å². The van der Waals surface area contributed by atoms with Crippen molar-refractivity contribution in [3.8, 4) is 18.2 Å². The summed E-state index contributed by atoms with van der Waals surface area (Å²) in [6.45, 7) is 7.73. The van der Waals surface area contributed by atoms with E-state index in [4.69, 9.17) is 4.74 Å². The van der Waals surface area contributed by atoms with E-state index in [0.717, 1.165) is 40.0 Å². The van der Waals surface area contributed by atoms with Gasteiger partial charge in [-0.05, 0) is 67.1 Å². The molecule has 10 nitrogen and oxygen atoms in total. The lowest BCUT2D eigenvalue weighted by Crippen LogP contribution is -2.33. The van der Waals surface area contributed by atoms with Gasteiger partial charge in [0.15, 0.2) is 5.57 Å². The van der Waals surface area contributed by atoms with Crippen molar-refractivity contribution in [2.75, 3.05) is 31.1 Å². The molecule has 0 bridgehead atoms. The normalized spacial score (nSPS) is 12.8. The van der Waals surface area contributed by atoms with Crippen LogP contribution in [0.2, 0.25) is 0 Å². The van der Waals surface area contributed by atoms with Crippen LogP contribution in [-0.2, 0) is 14.3 Å². The SMILES string of the molecule is CCCCCCN(CCCCCC)c1ccc(N=Nc2ccc(/C=C/C3=C(C#N)C(=C(C#N)C#N)N(CC(=O)OCC)C3=O)c3ccccc23)cc1. The fourth-order valence-electron chi connectivity index (χ4n) is 6.14. The molecule has 266 valence electrons. The third-order valence-corrected chi connectivity index (χ3v) is 8.83. The van der Waals surface area contributed by atoms with Crippen molar-refractivity contribution >= 4 is 45.8 Å². The van der Waals surface area contributed by atoms with Crippen LogP contribution in [-0.4, -0.2) is 43.0 Å². The van der Waals surface area contributed by atoms with Crippen LogP contribution in [0, 0.1) is 34.0 Å². The summed E-state index contributed by atoms with van der Waals surface area (Å²) in [6.07, 6.45) is 13.0. The lowest BCUT2D eigenvalue weighted by atomic mass is 10.0. The molecule has 1 amide bonds. The number of hydrogen-bond acceptors (Lipinski definition) is 9. The molecule has 1 aliphatic heterocycles. The van der Waals surface area contributed by atoms with Gasteiger partial charge >= 0.3 is 5.97 Å². The summed E-state index contributed by atoms with van der Waals surface area (Å²) in [4.78, 5) is 29.2. The average molecular weight is 696 g/mol. The molecule has 1 heterocycles. The Hall–Kier alpha value is -6.05. The summed E-state index contributed by atoms with van der Waals surface area (Å²) in [5.74, 6) is -1.41. The van der Waals surface area contributed by atoms with Crippen molar-refractivity contribution in [2.45, 2.75) is 72.1 Å². The topological polar surface area (TPSA) is 146 Å². The van der Waals surface area contributed by atoms with Crippen molar-refractivity contribution in [3.05, 3.63) is 94.7 Å². The molecule has 3 aromatic rings. The zero-order valence-corrected chi connectivity index (χ0v) is 30.3. The maximum absolute atomic E-state index is 13.5. The fraction of sp³-hybridized carbons (Fsp3) is 0.357. The van der Waals surface area contributed by atoms with Gasteiger partial charge in [-0.3, -0.25) is 14.5 Å². The molecule has 0 N–H and O–H groups in total. The Morgan fingerprint density at radius 1 is 0.808 bits per heavy atom. The van der Waals surface area contributed by atoms with Crippen LogP contribution < -0.4 is 4.90 Å². The number of ether oxygens (including phenoxy) is 1. The summed E-state index contributed by atoms with van der Waals surface area (Å²) in [5.41, 5.74) is 2.49. The van der Waals surface area contributed by atoms with E-state index in [1.54, 1.807) is 25.1 Å². The van der Waals surface area contributed by atoms with Gasteiger partial charge < -0.3 is 9.64 Å². The summed E-state index contributed by atoms with van der Waals surface area (Å²) < 4.78 is 4.98. The summed E-state index contributed by atoms with van der Waals surface area (Å²) in [6, 6.07) is 25.0. The molecular formula is C42H45N7O3. The van der Waals surface area contributed by atoms with Gasteiger partial charge in [0.2, 0.25) is 0 Å². The highest BCUT2D eigenvalue weighted by atomic mass is 16.5. The number of nitriles is 3. The molecule has 1 aliphatic rings. The van der Waals surface area contributed by atoms with Crippen molar-refractivity contribution in [1.82, 2.24) is 4.90 Å². The monoisotopic (exact) mass is 695 g/mol. The van der Waals surface area contributed by atoms with Gasteiger partial charge in [0.05, 0.1) is 34.8 Å². The van der Waals surface area contributed by atoms with E-state index in [9.17, 15) is 25.4 Å². The third-order valence-electron chi connectivity index (χ3n) is 8.83. The van der Waals surface area contributed by atoms with E-state index in [1.165, 1.54) is 63.1 Å². The molecule has 0 aromatic heterocycles. The van der Waals surface area contributed by atoms with Crippen LogP contribution in [0.5, 0.6) is 0 Å². The minimum absolute atomic E-state index is 0.0402. The predicted octanol–water partition coefficient (Wildman–Crippen LogP) is 9.76. The Morgan fingerprint density at radius 2 is 1.46 bits per heavy atom. The standard InChI is InChI=1S/C42H45N7O3/c1-4-7-9-13-25-48(26-14-10-8-5-2)34-21-19-33(20-22-34)46-47-39-24-18-31(35-15-11-12-16-36(35)39)17-23-37-38(29-45)41(32(27-43)28-44)49(42(37)51)30-40(50)52-6-3/h11-12,15-24H,4-10,13-14,25-26,30H2,1-3H3/b23-17+,47-46?. The van der Waals surface area contributed by atoms with Crippen LogP contribution >= 0.6 is 0 Å². The third kappa shape index (κ3) is 9.80. The number of amides is 1. The zero-order valence-electron chi connectivity index (χ0n) is 30.3. The van der Waals surface area contributed by atoms with E-state index < -0.39 is 24.0 Å². The maximum Gasteiger partial charge on any atom is 0.326 e. The van der Waals surface area contributed by atoms with Crippen molar-refractivity contribution < 1.29 is 14.3 Å². The maximum atomic E-state index is 13.5. The summed E-state index contributed by atoms with van der Waals surface area (Å²) in [7, 11) is 0. The number of esters is 1. The minimum Gasteiger partial charge on any atom is -0.465 e. The van der Waals surface area contributed by atoms with Crippen molar-refractivity contribution in [2.24, 2.45) is 10.2 Å². The van der Waals surface area contributed by atoms with Crippen molar-refractivity contribution in [3.63, 3.8) is 0 Å². The Balaban J connectivity index is 1.59. The Kier molecular flexibility index (Phi) is 14.9. The second-order valence-electron chi connectivity index (χ2n) is 12.4. The average Bonchev–Trinajstić information content (AvgIpc) is 3.42. The Labute approximate surface area is 306 Å². The lowest BCUT2D eigenvalue weighted by Gasteiger charge is -2.25. The van der Waals surface area contributed by atoms with Crippen LogP contribution in [0.1, 0.15) is 77.7 Å². The number of fused-ring (bicyclic) bond motifs is 1. The van der Waals surface area contributed by atoms with Gasteiger partial charge in [-0.2, -0.15) is 20.9 Å². The molecular weight excluding hydrogens is 651 g/mol. The van der Waals surface area contributed by atoms with E-state index in [1.807, 2.05) is 54.6 Å². The van der Waals surface area contributed by atoms with Crippen LogP contribution in [0.3, 0.4) is 0 Å². The van der Waals surface area contributed by atoms with E-state index in [0.29, 0.717) is 5.69 Å². The highest BCUT2D eigenvalue weighted by Gasteiger charge is 2.38. The number of anilines is 1. The van der Waals surface area contributed by atoms with E-state index in [-0.39, 0.29) is 23.5 Å². The molecule has 0 radical (unpaired) electrons. The number of unbranched alkanes of at least 4 members (excludes halogenated alkanes) is 6. The molecule has 10 heteroatoms. The highest BCUT2D eigenvalue weighted by molar-refractivity contribution is 6.07. The van der Waals surface area contributed by atoms with Gasteiger partial charge in [0.25, 0.3) is 5.91 Å². The second-order valence-corrected chi connectivity index (χ2v) is 12.4. The molecule has 0 aliphatic carbocycles. The quantitative estimate of drug-likeness (QED) is 0.0557. The Bertz CT molecular complexity index is 1960. The van der Waals surface area contributed by atoms with Gasteiger partial charge in [0, 0.05) is 24.2 Å². The molecule has 4 rings (SSSR count). The number of carbonyl (C=O) groups is 2. The lowest BCUT2D eigenvalue weighted by molar-refractivity contribution is -0.146. The predicted molar refractivity (Wildman–Crippen MR) is 203 cm³/mol. The first kappa shape index (κ1) is 38.7. The first-order valence-electron chi connectivity index (χ1n) is 18.0. The highest BCUT2D eigenvalue weighted by Crippen LogP contribution is 2.35. The molecule has 0 saturated carbocycles. The molecule has 0 atom stereocenters. The minimum atomic E-state index is -0.727. The summed E-state index contributed by atoms with van der Waals surface area (Å²) in [5, 5.41) is 40.0. The van der Waals surface area contributed by atoms with Gasteiger partial charge in [-0.1, -0.05) is 88.8 Å². The number of allylic oxidation sites excluding steroid dienone is 2. The van der Waals surface area contributed by atoms with Crippen LogP contribution in [0.25, 0.3) is 16.8 Å². The van der Waals surface area contributed by atoms with Crippen LogP contribution in [0.15, 0.2) is 99.4 Å². The smallest absolute Gasteiger partial charge is 0.326 e. The van der Waals surface area contributed by atoms with Gasteiger partial charge in [-0.15, -0.1) is 5.11 Å². The molecule has 0 saturated heterocycles. The number of hydrogen-bond donors (Lipinski definition) is 0. The van der Waals surface area contributed by atoms with E-state index in [2.05, 4.69) is 41.1 Å².